The number of imidazole rings is 1. The van der Waals surface area contributed by atoms with Gasteiger partial charge in [0.1, 0.15) is 5.75 Å². The number of H-pyrrole nitrogens is 1. The minimum atomic E-state index is 0.769. The summed E-state index contributed by atoms with van der Waals surface area (Å²) in [6.07, 6.45) is 2.18. The molecule has 0 radical (unpaired) electrons. The molecule has 3 rings (SSSR count). The molecule has 0 amide bonds. The average Bonchev–Trinajstić information content (AvgIpc) is 2.94. The van der Waals surface area contributed by atoms with Crippen molar-refractivity contribution in [1.82, 2.24) is 9.97 Å². The Morgan fingerprint density at radius 3 is 2.62 bits per heavy atom. The minimum absolute atomic E-state index is 0.769. The Morgan fingerprint density at radius 1 is 0.952 bits per heavy atom. The number of hydrogen-bond acceptors (Lipinski definition) is 3. The molecule has 0 saturated carbocycles. The molecule has 3 aromatic rings. The summed E-state index contributed by atoms with van der Waals surface area (Å²) in [6, 6.07) is 18.1. The second-order valence-electron chi connectivity index (χ2n) is 4.78. The van der Waals surface area contributed by atoms with Crippen LogP contribution in [0, 0.1) is 0 Å². The first-order valence-electron chi connectivity index (χ1n) is 7.17. The van der Waals surface area contributed by atoms with Gasteiger partial charge in [0.25, 0.3) is 0 Å². The van der Waals surface area contributed by atoms with Gasteiger partial charge in [0, 0.05) is 5.75 Å². The van der Waals surface area contributed by atoms with Crippen LogP contribution in [0.2, 0.25) is 0 Å². The number of nitrogens with one attached hydrogen (secondary N) is 1. The number of fused-ring (bicyclic) bond motifs is 1. The minimum Gasteiger partial charge on any atom is -0.494 e. The van der Waals surface area contributed by atoms with Crippen LogP contribution in [0.1, 0.15) is 12.8 Å². The second kappa shape index (κ2) is 7.18. The van der Waals surface area contributed by atoms with Crippen molar-refractivity contribution in [2.45, 2.75) is 18.0 Å². The van der Waals surface area contributed by atoms with Crippen molar-refractivity contribution in [2.75, 3.05) is 12.4 Å². The Balaban J connectivity index is 1.36. The van der Waals surface area contributed by atoms with Crippen LogP contribution in [-0.2, 0) is 0 Å². The number of unbranched alkanes of at least 4 members (excludes halogenated alkanes) is 1. The Bertz CT molecular complexity index is 648. The molecular formula is C17H18N2OS. The number of aromatic nitrogens is 2. The molecule has 4 heteroatoms. The zero-order valence-electron chi connectivity index (χ0n) is 11.8. The molecule has 0 spiro atoms. The van der Waals surface area contributed by atoms with Crippen LogP contribution in [-0.4, -0.2) is 22.3 Å². The molecule has 0 saturated heterocycles. The van der Waals surface area contributed by atoms with E-state index < -0.39 is 0 Å². The molecule has 108 valence electrons. The van der Waals surface area contributed by atoms with Crippen LogP contribution in [0.25, 0.3) is 11.0 Å². The third-order valence-corrected chi connectivity index (χ3v) is 4.12. The highest BCUT2D eigenvalue weighted by Gasteiger charge is 2.02. The number of para-hydroxylation sites is 3. The van der Waals surface area contributed by atoms with Gasteiger partial charge in [0.2, 0.25) is 0 Å². The molecule has 1 N–H and O–H groups in total. The maximum absolute atomic E-state index is 5.67. The molecule has 2 aromatic carbocycles. The van der Waals surface area contributed by atoms with Crippen LogP contribution in [0.5, 0.6) is 5.75 Å². The van der Waals surface area contributed by atoms with Gasteiger partial charge in [-0.2, -0.15) is 0 Å². The highest BCUT2D eigenvalue weighted by molar-refractivity contribution is 7.99. The third-order valence-electron chi connectivity index (χ3n) is 3.16. The van der Waals surface area contributed by atoms with Crippen molar-refractivity contribution in [2.24, 2.45) is 0 Å². The van der Waals surface area contributed by atoms with E-state index in [9.17, 15) is 0 Å². The van der Waals surface area contributed by atoms with Crippen molar-refractivity contribution < 1.29 is 4.74 Å². The maximum Gasteiger partial charge on any atom is 0.166 e. The van der Waals surface area contributed by atoms with E-state index in [0.29, 0.717) is 0 Å². The van der Waals surface area contributed by atoms with Crippen LogP contribution < -0.4 is 4.74 Å². The molecular weight excluding hydrogens is 280 g/mol. The second-order valence-corrected chi connectivity index (χ2v) is 5.86. The first kappa shape index (κ1) is 14.0. The van der Waals surface area contributed by atoms with E-state index >= 15 is 0 Å². The smallest absolute Gasteiger partial charge is 0.166 e. The van der Waals surface area contributed by atoms with Crippen LogP contribution in [0.4, 0.5) is 0 Å². The summed E-state index contributed by atoms with van der Waals surface area (Å²) in [7, 11) is 0. The van der Waals surface area contributed by atoms with Crippen LogP contribution >= 0.6 is 11.8 Å². The summed E-state index contributed by atoms with van der Waals surface area (Å²) >= 11 is 1.77. The lowest BCUT2D eigenvalue weighted by molar-refractivity contribution is 0.310. The Morgan fingerprint density at radius 2 is 1.76 bits per heavy atom. The number of benzene rings is 2. The Hall–Kier alpha value is -1.94. The van der Waals surface area contributed by atoms with Crippen molar-refractivity contribution in [3.8, 4) is 5.75 Å². The van der Waals surface area contributed by atoms with Gasteiger partial charge in [-0.15, -0.1) is 0 Å². The molecule has 3 nitrogen and oxygen atoms in total. The van der Waals surface area contributed by atoms with E-state index in [1.54, 1.807) is 11.8 Å². The van der Waals surface area contributed by atoms with Gasteiger partial charge in [-0.05, 0) is 37.1 Å². The normalized spacial score (nSPS) is 10.9. The summed E-state index contributed by atoms with van der Waals surface area (Å²) in [6.45, 7) is 0.769. The number of thioether (sulfide) groups is 1. The van der Waals surface area contributed by atoms with Crippen molar-refractivity contribution in [3.63, 3.8) is 0 Å². The molecule has 1 aromatic heterocycles. The van der Waals surface area contributed by atoms with Gasteiger partial charge >= 0.3 is 0 Å². The third kappa shape index (κ3) is 4.02. The van der Waals surface area contributed by atoms with Crippen LogP contribution in [0.3, 0.4) is 0 Å². The Kier molecular flexibility index (Phi) is 4.79. The summed E-state index contributed by atoms with van der Waals surface area (Å²) in [5, 5.41) is 1.00. The fraction of sp³-hybridized carbons (Fsp3) is 0.235. The predicted octanol–water partition coefficient (Wildman–Crippen LogP) is 4.51. The standard InChI is InChI=1S/C17H18N2OS/c1-2-8-14(9-3-1)20-12-6-7-13-21-17-18-15-10-4-5-11-16(15)19-17/h1-5,8-11H,6-7,12-13H2,(H,18,19). The highest BCUT2D eigenvalue weighted by atomic mass is 32.2. The number of nitrogens with zero attached hydrogens (tertiary/aromatic N) is 1. The van der Waals surface area contributed by atoms with Crippen LogP contribution in [0.15, 0.2) is 59.8 Å². The van der Waals surface area contributed by atoms with E-state index in [1.807, 2.05) is 48.5 Å². The van der Waals surface area contributed by atoms with E-state index in [4.69, 9.17) is 4.74 Å². The molecule has 0 fully saturated rings. The topological polar surface area (TPSA) is 37.9 Å². The van der Waals surface area contributed by atoms with E-state index in [1.165, 1.54) is 0 Å². The van der Waals surface area contributed by atoms with Gasteiger partial charge in [0.05, 0.1) is 17.6 Å². The number of aromatic amines is 1. The largest absolute Gasteiger partial charge is 0.494 e. The zero-order chi connectivity index (χ0) is 14.3. The van der Waals surface area contributed by atoms with E-state index in [-0.39, 0.29) is 0 Å². The molecule has 1 heterocycles. The van der Waals surface area contributed by atoms with Gasteiger partial charge in [-0.25, -0.2) is 4.98 Å². The van der Waals surface area contributed by atoms with Crippen molar-refractivity contribution in [1.29, 1.82) is 0 Å². The summed E-state index contributed by atoms with van der Waals surface area (Å²) in [4.78, 5) is 7.89. The molecule has 0 bridgehead atoms. The highest BCUT2D eigenvalue weighted by Crippen LogP contribution is 2.20. The maximum atomic E-state index is 5.67. The van der Waals surface area contributed by atoms with Gasteiger partial charge in [-0.3, -0.25) is 0 Å². The lowest BCUT2D eigenvalue weighted by Crippen LogP contribution is -1.97. The SMILES string of the molecule is c1ccc(OCCCCSc2nc3ccccc3[nH]2)cc1. The fourth-order valence-electron chi connectivity index (χ4n) is 2.08. The molecule has 0 atom stereocenters. The number of hydrogen-bond donors (Lipinski definition) is 1. The van der Waals surface area contributed by atoms with Crippen molar-refractivity contribution >= 4 is 22.8 Å². The predicted molar refractivity (Wildman–Crippen MR) is 88.0 cm³/mol. The lowest BCUT2D eigenvalue weighted by atomic mass is 10.3. The molecule has 21 heavy (non-hydrogen) atoms. The first-order valence-corrected chi connectivity index (χ1v) is 8.16. The summed E-state index contributed by atoms with van der Waals surface area (Å²) in [5.74, 6) is 2.00. The van der Waals surface area contributed by atoms with Crippen molar-refractivity contribution in [3.05, 3.63) is 54.6 Å². The van der Waals surface area contributed by atoms with Gasteiger partial charge in [-0.1, -0.05) is 42.1 Å². The van der Waals surface area contributed by atoms with E-state index in [2.05, 4.69) is 16.0 Å². The van der Waals surface area contributed by atoms with Gasteiger partial charge in [0.15, 0.2) is 5.16 Å². The summed E-state index contributed by atoms with van der Waals surface area (Å²) in [5.41, 5.74) is 2.14. The average molecular weight is 298 g/mol. The van der Waals surface area contributed by atoms with E-state index in [0.717, 1.165) is 47.1 Å². The molecule has 0 aliphatic heterocycles. The zero-order valence-corrected chi connectivity index (χ0v) is 12.6. The molecule has 0 aliphatic rings. The number of rotatable bonds is 7. The monoisotopic (exact) mass is 298 g/mol. The van der Waals surface area contributed by atoms with Gasteiger partial charge < -0.3 is 9.72 Å². The molecule has 0 aliphatic carbocycles. The Labute approximate surface area is 128 Å². The number of ether oxygens (including phenoxy) is 1. The first-order chi connectivity index (χ1) is 10.4. The lowest BCUT2D eigenvalue weighted by Gasteiger charge is -2.05. The summed E-state index contributed by atoms with van der Waals surface area (Å²) < 4.78 is 5.67. The quantitative estimate of drug-likeness (QED) is 0.515. The fourth-order valence-corrected chi connectivity index (χ4v) is 2.96. The molecule has 0 unspecified atom stereocenters.